The summed E-state index contributed by atoms with van der Waals surface area (Å²) in [5.41, 5.74) is -2.36. The van der Waals surface area contributed by atoms with E-state index in [1.807, 2.05) is 0 Å². The predicted octanol–water partition coefficient (Wildman–Crippen LogP) is 0.123. The lowest BCUT2D eigenvalue weighted by atomic mass is 9.84. The van der Waals surface area contributed by atoms with Crippen LogP contribution in [0.2, 0.25) is 0 Å². The molecule has 5 nitrogen and oxygen atoms in total. The third-order valence-electron chi connectivity index (χ3n) is 3.41. The smallest absolute Gasteiger partial charge is 0.359 e. The van der Waals surface area contributed by atoms with Crippen molar-refractivity contribution in [3.63, 3.8) is 0 Å². The number of nitrogens with zero attached hydrogens (tertiary/aromatic N) is 1. The van der Waals surface area contributed by atoms with Crippen molar-refractivity contribution in [1.29, 1.82) is 0 Å². The molecule has 0 aromatic rings. The van der Waals surface area contributed by atoms with Gasteiger partial charge in [0.05, 0.1) is 0 Å². The summed E-state index contributed by atoms with van der Waals surface area (Å²) in [7, 11) is 2.72. The largest absolute Gasteiger partial charge is 0.404 e. The van der Waals surface area contributed by atoms with Crippen molar-refractivity contribution in [3.8, 4) is 0 Å². The number of hydrogen-bond donors (Lipinski definition) is 2. The number of rotatable bonds is 4. The van der Waals surface area contributed by atoms with E-state index in [2.05, 4.69) is 10.6 Å². The minimum atomic E-state index is -4.59. The van der Waals surface area contributed by atoms with Gasteiger partial charge >= 0.3 is 6.18 Å². The van der Waals surface area contributed by atoms with Crippen molar-refractivity contribution in [2.45, 2.75) is 19.0 Å². The summed E-state index contributed by atoms with van der Waals surface area (Å²) in [5.74, 6) is -1.29. The second-order valence-corrected chi connectivity index (χ2v) is 4.66. The molecule has 0 aliphatic carbocycles. The number of carbonyl (C=O) groups excluding carboxylic acids is 2. The lowest BCUT2D eigenvalue weighted by Gasteiger charge is -2.33. The van der Waals surface area contributed by atoms with Gasteiger partial charge in [-0.3, -0.25) is 9.59 Å². The fourth-order valence-corrected chi connectivity index (χ4v) is 2.10. The maximum atomic E-state index is 13.1. The van der Waals surface area contributed by atoms with Crippen molar-refractivity contribution in [2.24, 2.45) is 5.41 Å². The van der Waals surface area contributed by atoms with Gasteiger partial charge in [-0.05, 0) is 13.0 Å². The van der Waals surface area contributed by atoms with Gasteiger partial charge in [0, 0.05) is 33.6 Å². The van der Waals surface area contributed by atoms with E-state index in [-0.39, 0.29) is 31.8 Å². The summed E-state index contributed by atoms with van der Waals surface area (Å²) in [6.45, 7) is -0.273. The number of hydrogen-bond acceptors (Lipinski definition) is 3. The van der Waals surface area contributed by atoms with E-state index in [0.717, 1.165) is 4.90 Å². The normalized spacial score (nSPS) is 23.2. The van der Waals surface area contributed by atoms with Gasteiger partial charge in [0.25, 0.3) is 0 Å². The molecule has 19 heavy (non-hydrogen) atoms. The Balaban J connectivity index is 2.75. The highest BCUT2D eigenvalue weighted by Gasteiger charge is 2.62. The molecule has 1 aliphatic heterocycles. The van der Waals surface area contributed by atoms with E-state index in [0.29, 0.717) is 0 Å². The van der Waals surface area contributed by atoms with Crippen molar-refractivity contribution < 1.29 is 22.8 Å². The molecule has 1 heterocycles. The zero-order valence-electron chi connectivity index (χ0n) is 10.9. The van der Waals surface area contributed by atoms with Crippen LogP contribution in [0.15, 0.2) is 0 Å². The second-order valence-electron chi connectivity index (χ2n) is 4.66. The van der Waals surface area contributed by atoms with Gasteiger partial charge in [0.2, 0.25) is 11.8 Å². The van der Waals surface area contributed by atoms with Gasteiger partial charge in [0.1, 0.15) is 0 Å². The van der Waals surface area contributed by atoms with Crippen LogP contribution in [0.5, 0.6) is 0 Å². The molecule has 2 N–H and O–H groups in total. The number of alkyl halides is 3. The maximum absolute atomic E-state index is 13.1. The lowest BCUT2D eigenvalue weighted by molar-refractivity contribution is -0.221. The fourth-order valence-electron chi connectivity index (χ4n) is 2.10. The molecule has 0 aromatic heterocycles. The monoisotopic (exact) mass is 281 g/mol. The Hall–Kier alpha value is -1.31. The Morgan fingerprint density at radius 1 is 1.42 bits per heavy atom. The summed E-state index contributed by atoms with van der Waals surface area (Å²) in [5, 5.41) is 4.94. The number of amides is 2. The minimum Gasteiger partial charge on any atom is -0.359 e. The van der Waals surface area contributed by atoms with Gasteiger partial charge in [-0.15, -0.1) is 0 Å². The first-order chi connectivity index (χ1) is 8.74. The molecule has 1 saturated heterocycles. The quantitative estimate of drug-likeness (QED) is 0.769. The molecule has 0 spiro atoms. The average molecular weight is 281 g/mol. The molecule has 1 rings (SSSR count). The van der Waals surface area contributed by atoms with E-state index in [1.54, 1.807) is 0 Å². The van der Waals surface area contributed by atoms with Gasteiger partial charge < -0.3 is 15.5 Å². The van der Waals surface area contributed by atoms with Crippen LogP contribution in [0.1, 0.15) is 12.8 Å². The first-order valence-electron chi connectivity index (χ1n) is 5.98. The molecule has 0 radical (unpaired) electrons. The van der Waals surface area contributed by atoms with Crippen LogP contribution in [0.4, 0.5) is 13.2 Å². The zero-order valence-corrected chi connectivity index (χ0v) is 10.9. The third-order valence-corrected chi connectivity index (χ3v) is 3.41. The molecule has 0 aromatic carbocycles. The van der Waals surface area contributed by atoms with Crippen molar-refractivity contribution in [1.82, 2.24) is 15.5 Å². The van der Waals surface area contributed by atoms with Crippen LogP contribution >= 0.6 is 0 Å². The predicted molar refractivity (Wildman–Crippen MR) is 62.3 cm³/mol. The molecule has 1 atom stereocenters. The van der Waals surface area contributed by atoms with Gasteiger partial charge in [0.15, 0.2) is 5.41 Å². The molecule has 1 unspecified atom stereocenters. The van der Waals surface area contributed by atoms with Gasteiger partial charge in [-0.1, -0.05) is 0 Å². The highest BCUT2D eigenvalue weighted by molar-refractivity contribution is 5.85. The van der Waals surface area contributed by atoms with Gasteiger partial charge in [-0.25, -0.2) is 0 Å². The number of carbonyl (C=O) groups is 2. The summed E-state index contributed by atoms with van der Waals surface area (Å²) in [4.78, 5) is 24.1. The Morgan fingerprint density at radius 2 is 2.05 bits per heavy atom. The second kappa shape index (κ2) is 5.77. The molecular weight excluding hydrogens is 263 g/mol. The maximum Gasteiger partial charge on any atom is 0.404 e. The SMILES string of the molecule is CNC(=O)CCN(C)C(=O)C1(C(F)(F)F)CCNC1. The van der Waals surface area contributed by atoms with Crippen LogP contribution < -0.4 is 10.6 Å². The van der Waals surface area contributed by atoms with Crippen LogP contribution in [0.25, 0.3) is 0 Å². The highest BCUT2D eigenvalue weighted by atomic mass is 19.4. The van der Waals surface area contributed by atoms with Crippen LogP contribution in [0.3, 0.4) is 0 Å². The molecular formula is C11H18F3N3O2. The first kappa shape index (κ1) is 15.7. The van der Waals surface area contributed by atoms with Crippen molar-refractivity contribution in [2.75, 3.05) is 33.7 Å². The number of nitrogens with one attached hydrogen (secondary N) is 2. The lowest BCUT2D eigenvalue weighted by Crippen LogP contribution is -2.53. The minimum absolute atomic E-state index is 0.0138. The standard InChI is InChI=1S/C11H18F3N3O2/c1-15-8(18)3-6-17(2)9(19)10(11(12,13)14)4-5-16-7-10/h16H,3-7H2,1-2H3,(H,15,18). The first-order valence-corrected chi connectivity index (χ1v) is 5.98. The Kier molecular flexibility index (Phi) is 4.78. The Labute approximate surface area is 109 Å². The summed E-state index contributed by atoms with van der Waals surface area (Å²) >= 11 is 0. The van der Waals surface area contributed by atoms with Crippen molar-refractivity contribution in [3.05, 3.63) is 0 Å². The van der Waals surface area contributed by atoms with E-state index >= 15 is 0 Å². The molecule has 1 aliphatic rings. The Bertz CT molecular complexity index is 352. The van der Waals surface area contributed by atoms with E-state index in [9.17, 15) is 22.8 Å². The third kappa shape index (κ3) is 3.17. The van der Waals surface area contributed by atoms with E-state index in [4.69, 9.17) is 0 Å². The summed E-state index contributed by atoms with van der Waals surface area (Å²) in [6.07, 6.45) is -4.87. The van der Waals surface area contributed by atoms with Crippen LogP contribution in [0, 0.1) is 5.41 Å². The van der Waals surface area contributed by atoms with Crippen LogP contribution in [-0.2, 0) is 9.59 Å². The topological polar surface area (TPSA) is 61.4 Å². The number of halogens is 3. The highest BCUT2D eigenvalue weighted by Crippen LogP contribution is 2.44. The molecule has 1 fully saturated rings. The molecule has 2 amide bonds. The van der Waals surface area contributed by atoms with E-state index in [1.165, 1.54) is 14.1 Å². The van der Waals surface area contributed by atoms with Gasteiger partial charge in [-0.2, -0.15) is 13.2 Å². The average Bonchev–Trinajstić information content (AvgIpc) is 2.84. The molecule has 0 saturated carbocycles. The Morgan fingerprint density at radius 3 is 2.47 bits per heavy atom. The molecule has 0 bridgehead atoms. The molecule has 110 valence electrons. The summed E-state index contributed by atoms with van der Waals surface area (Å²) < 4.78 is 39.4. The zero-order chi connectivity index (χ0) is 14.7. The summed E-state index contributed by atoms with van der Waals surface area (Å²) in [6, 6.07) is 0. The molecule has 8 heteroatoms. The van der Waals surface area contributed by atoms with Crippen LogP contribution in [-0.4, -0.2) is 56.6 Å². The van der Waals surface area contributed by atoms with E-state index < -0.39 is 24.0 Å². The van der Waals surface area contributed by atoms with Crippen molar-refractivity contribution >= 4 is 11.8 Å². The fraction of sp³-hybridized carbons (Fsp3) is 0.818.